The van der Waals surface area contributed by atoms with E-state index in [-0.39, 0.29) is 6.03 Å². The van der Waals surface area contributed by atoms with Gasteiger partial charge in [-0.05, 0) is 39.0 Å². The molecule has 0 spiro atoms. The molecule has 29 heavy (non-hydrogen) atoms. The normalized spacial score (nSPS) is 10.5. The first-order chi connectivity index (χ1) is 14.0. The number of methoxy groups -OCH3 is 1. The molecule has 3 rings (SSSR count). The minimum Gasteiger partial charge on any atom is -0.495 e. The number of ether oxygens (including phenoxy) is 1. The molecule has 2 aromatic heterocycles. The third-order valence-electron chi connectivity index (χ3n) is 4.12. The predicted octanol–water partition coefficient (Wildman–Crippen LogP) is 2.83. The molecule has 3 aromatic rings. The van der Waals surface area contributed by atoms with Gasteiger partial charge in [-0.3, -0.25) is 0 Å². The van der Waals surface area contributed by atoms with Gasteiger partial charge in [0.2, 0.25) is 0 Å². The van der Waals surface area contributed by atoms with Crippen LogP contribution in [-0.4, -0.2) is 46.0 Å². The Bertz CT molecular complexity index is 1000. The Labute approximate surface area is 169 Å². The van der Waals surface area contributed by atoms with Crippen LogP contribution in [-0.2, 0) is 0 Å². The lowest BCUT2D eigenvalue weighted by Crippen LogP contribution is -2.32. The van der Waals surface area contributed by atoms with E-state index in [1.54, 1.807) is 23.9 Å². The maximum absolute atomic E-state index is 12.1. The van der Waals surface area contributed by atoms with Crippen LogP contribution in [0.1, 0.15) is 17.2 Å². The second-order valence-electron chi connectivity index (χ2n) is 6.51. The summed E-state index contributed by atoms with van der Waals surface area (Å²) in [6.45, 7) is 6.68. The van der Waals surface area contributed by atoms with E-state index in [1.165, 1.54) is 0 Å². The summed E-state index contributed by atoms with van der Waals surface area (Å²) in [4.78, 5) is 20.9. The molecule has 9 heteroatoms. The van der Waals surface area contributed by atoms with Crippen molar-refractivity contribution in [1.29, 1.82) is 0 Å². The number of rotatable bonds is 7. The Kier molecular flexibility index (Phi) is 6.28. The second kappa shape index (κ2) is 9.05. The van der Waals surface area contributed by atoms with E-state index in [0.29, 0.717) is 42.0 Å². The molecule has 0 bridgehead atoms. The van der Waals surface area contributed by atoms with Crippen molar-refractivity contribution in [2.45, 2.75) is 20.8 Å². The number of aryl methyl sites for hydroxylation is 3. The molecule has 1 aromatic carbocycles. The summed E-state index contributed by atoms with van der Waals surface area (Å²) < 4.78 is 7.01. The van der Waals surface area contributed by atoms with Gasteiger partial charge < -0.3 is 20.7 Å². The molecule has 0 aliphatic heterocycles. The number of amides is 2. The van der Waals surface area contributed by atoms with Crippen molar-refractivity contribution in [2.75, 3.05) is 30.8 Å². The van der Waals surface area contributed by atoms with Crippen molar-refractivity contribution < 1.29 is 9.53 Å². The van der Waals surface area contributed by atoms with Crippen LogP contribution >= 0.6 is 0 Å². The van der Waals surface area contributed by atoms with Crippen LogP contribution in [0.5, 0.6) is 5.75 Å². The van der Waals surface area contributed by atoms with Crippen molar-refractivity contribution in [3.05, 3.63) is 53.6 Å². The zero-order chi connectivity index (χ0) is 20.8. The van der Waals surface area contributed by atoms with Crippen LogP contribution in [0.3, 0.4) is 0 Å². The lowest BCUT2D eigenvalue weighted by atomic mass is 10.3. The molecule has 2 heterocycles. The van der Waals surface area contributed by atoms with Crippen molar-refractivity contribution in [1.82, 2.24) is 25.1 Å². The van der Waals surface area contributed by atoms with Gasteiger partial charge in [0.15, 0.2) is 5.82 Å². The highest BCUT2D eigenvalue weighted by molar-refractivity contribution is 5.90. The van der Waals surface area contributed by atoms with E-state index < -0.39 is 0 Å². The molecular weight excluding hydrogens is 370 g/mol. The number of para-hydroxylation sites is 2. The smallest absolute Gasteiger partial charge is 0.319 e. The van der Waals surface area contributed by atoms with Gasteiger partial charge in [0.1, 0.15) is 17.4 Å². The third-order valence-corrected chi connectivity index (χ3v) is 4.12. The van der Waals surface area contributed by atoms with Gasteiger partial charge in [0.25, 0.3) is 0 Å². The molecule has 0 atom stereocenters. The Balaban J connectivity index is 1.54. The second-order valence-corrected chi connectivity index (χ2v) is 6.51. The molecule has 0 saturated carbocycles. The predicted molar refractivity (Wildman–Crippen MR) is 112 cm³/mol. The van der Waals surface area contributed by atoms with E-state index in [1.807, 2.05) is 45.0 Å². The summed E-state index contributed by atoms with van der Waals surface area (Å²) in [5, 5.41) is 13.2. The Hall–Kier alpha value is -3.62. The molecular formula is C20H25N7O2. The third kappa shape index (κ3) is 5.22. The number of hydrogen-bond acceptors (Lipinski definition) is 6. The van der Waals surface area contributed by atoms with Crippen molar-refractivity contribution in [3.63, 3.8) is 0 Å². The van der Waals surface area contributed by atoms with Gasteiger partial charge in [-0.1, -0.05) is 12.1 Å². The van der Waals surface area contributed by atoms with Gasteiger partial charge in [-0.15, -0.1) is 0 Å². The summed E-state index contributed by atoms with van der Waals surface area (Å²) in [6, 6.07) is 10.8. The number of anilines is 2. The molecule has 0 radical (unpaired) electrons. The summed E-state index contributed by atoms with van der Waals surface area (Å²) in [6.07, 6.45) is 0. The van der Waals surface area contributed by atoms with E-state index in [9.17, 15) is 4.79 Å². The maximum atomic E-state index is 12.1. The highest BCUT2D eigenvalue weighted by atomic mass is 16.5. The summed E-state index contributed by atoms with van der Waals surface area (Å²) in [5.74, 6) is 2.62. The number of nitrogens with zero attached hydrogens (tertiary/aromatic N) is 4. The van der Waals surface area contributed by atoms with Crippen LogP contribution < -0.4 is 20.7 Å². The number of carbonyl (C=O) groups is 1. The number of carbonyl (C=O) groups excluding carboxylic acids is 1. The van der Waals surface area contributed by atoms with Crippen LogP contribution in [0.2, 0.25) is 0 Å². The molecule has 152 valence electrons. The highest BCUT2D eigenvalue weighted by Gasteiger charge is 2.09. The molecule has 2 amide bonds. The summed E-state index contributed by atoms with van der Waals surface area (Å²) in [5.41, 5.74) is 2.54. The SMILES string of the molecule is COc1ccccc1NC(=O)NCCNc1cc(-n2nc(C)cc2C)nc(C)n1. The van der Waals surface area contributed by atoms with E-state index >= 15 is 0 Å². The first-order valence-electron chi connectivity index (χ1n) is 9.27. The topological polar surface area (TPSA) is 106 Å². The average Bonchev–Trinajstić information content (AvgIpc) is 3.03. The van der Waals surface area contributed by atoms with Gasteiger partial charge in [-0.25, -0.2) is 19.4 Å². The Morgan fingerprint density at radius 2 is 1.90 bits per heavy atom. The minimum absolute atomic E-state index is 0.307. The van der Waals surface area contributed by atoms with E-state index in [0.717, 1.165) is 11.4 Å². The molecule has 3 N–H and O–H groups in total. The fourth-order valence-electron chi connectivity index (χ4n) is 2.89. The van der Waals surface area contributed by atoms with Crippen LogP contribution in [0.25, 0.3) is 5.82 Å². The molecule has 0 unspecified atom stereocenters. The zero-order valence-corrected chi connectivity index (χ0v) is 17.0. The number of hydrogen-bond donors (Lipinski definition) is 3. The lowest BCUT2D eigenvalue weighted by molar-refractivity contribution is 0.252. The monoisotopic (exact) mass is 395 g/mol. The molecule has 0 fully saturated rings. The van der Waals surface area contributed by atoms with Gasteiger partial charge in [-0.2, -0.15) is 5.10 Å². The molecule has 0 saturated heterocycles. The quantitative estimate of drug-likeness (QED) is 0.531. The van der Waals surface area contributed by atoms with Crippen molar-refractivity contribution in [2.24, 2.45) is 0 Å². The summed E-state index contributed by atoms with van der Waals surface area (Å²) >= 11 is 0. The first-order valence-corrected chi connectivity index (χ1v) is 9.27. The number of urea groups is 1. The standard InChI is InChI=1S/C20H25N7O2/c1-13-11-14(2)27(26-13)19-12-18(23-15(3)24-19)21-9-10-22-20(28)25-16-7-5-6-8-17(16)29-4/h5-8,11-12H,9-10H2,1-4H3,(H,21,23,24)(H2,22,25,28). The molecule has 9 nitrogen and oxygen atoms in total. The largest absolute Gasteiger partial charge is 0.495 e. The maximum Gasteiger partial charge on any atom is 0.319 e. The fraction of sp³-hybridized carbons (Fsp3) is 0.300. The zero-order valence-electron chi connectivity index (χ0n) is 17.0. The van der Waals surface area contributed by atoms with Gasteiger partial charge in [0.05, 0.1) is 18.5 Å². The molecule has 0 aliphatic carbocycles. The Morgan fingerprint density at radius 3 is 2.62 bits per heavy atom. The fourth-order valence-corrected chi connectivity index (χ4v) is 2.89. The first kappa shape index (κ1) is 20.1. The van der Waals surface area contributed by atoms with Gasteiger partial charge in [0, 0.05) is 24.8 Å². The van der Waals surface area contributed by atoms with Crippen LogP contribution in [0.15, 0.2) is 36.4 Å². The lowest BCUT2D eigenvalue weighted by Gasteiger charge is -2.12. The average molecular weight is 395 g/mol. The van der Waals surface area contributed by atoms with Crippen LogP contribution in [0, 0.1) is 20.8 Å². The molecule has 0 aliphatic rings. The number of benzene rings is 1. The minimum atomic E-state index is -0.307. The van der Waals surface area contributed by atoms with Gasteiger partial charge >= 0.3 is 6.03 Å². The van der Waals surface area contributed by atoms with E-state index in [2.05, 4.69) is 31.0 Å². The number of nitrogens with one attached hydrogen (secondary N) is 3. The summed E-state index contributed by atoms with van der Waals surface area (Å²) in [7, 11) is 1.56. The van der Waals surface area contributed by atoms with E-state index in [4.69, 9.17) is 4.74 Å². The van der Waals surface area contributed by atoms with Crippen molar-refractivity contribution >= 4 is 17.5 Å². The van der Waals surface area contributed by atoms with Crippen LogP contribution in [0.4, 0.5) is 16.3 Å². The Morgan fingerprint density at radius 1 is 1.10 bits per heavy atom. The van der Waals surface area contributed by atoms with Crippen molar-refractivity contribution in [3.8, 4) is 11.6 Å². The highest BCUT2D eigenvalue weighted by Crippen LogP contribution is 2.22. The number of aromatic nitrogens is 4.